The van der Waals surface area contributed by atoms with E-state index in [2.05, 4.69) is 74.9 Å². The first-order valence-corrected chi connectivity index (χ1v) is 8.19. The van der Waals surface area contributed by atoms with Gasteiger partial charge < -0.3 is 4.90 Å². The molecule has 0 amide bonds. The van der Waals surface area contributed by atoms with Crippen molar-refractivity contribution in [3.8, 4) is 0 Å². The van der Waals surface area contributed by atoms with Crippen LogP contribution in [0.25, 0.3) is 0 Å². The van der Waals surface area contributed by atoms with Crippen LogP contribution in [0.2, 0.25) is 0 Å². The zero-order chi connectivity index (χ0) is 16.2. The smallest absolute Gasteiger partial charge is 0.115 e. The third kappa shape index (κ3) is 4.65. The Hall–Kier alpha value is -1.71. The van der Waals surface area contributed by atoms with Crippen LogP contribution in [0.4, 0.5) is 11.4 Å². The van der Waals surface area contributed by atoms with E-state index in [1.807, 2.05) is 0 Å². The molecule has 4 heteroatoms. The van der Waals surface area contributed by atoms with E-state index < -0.39 is 0 Å². The van der Waals surface area contributed by atoms with E-state index in [0.717, 1.165) is 30.4 Å². The second kappa shape index (κ2) is 7.03. The van der Waals surface area contributed by atoms with E-state index in [-0.39, 0.29) is 0 Å². The van der Waals surface area contributed by atoms with Gasteiger partial charge in [0.15, 0.2) is 0 Å². The molecule has 1 aliphatic heterocycles. The molecule has 0 fully saturated rings. The molecule has 1 aliphatic rings. The summed E-state index contributed by atoms with van der Waals surface area (Å²) in [6.45, 7) is 7.92. The van der Waals surface area contributed by atoms with Crippen LogP contribution in [0.5, 0.6) is 0 Å². The van der Waals surface area contributed by atoms with Crippen LogP contribution >= 0.6 is 0 Å². The second-order valence-electron chi connectivity index (χ2n) is 7.41. The topological polar surface area (TPSA) is 39.7 Å². The summed E-state index contributed by atoms with van der Waals surface area (Å²) >= 11 is 0. The summed E-state index contributed by atoms with van der Waals surface area (Å²) in [7, 11) is 4.10. The molecule has 1 aromatic rings. The molecule has 0 saturated heterocycles. The van der Waals surface area contributed by atoms with Crippen molar-refractivity contribution in [2.24, 2.45) is 16.3 Å². The quantitative estimate of drug-likeness (QED) is 0.832. The van der Waals surface area contributed by atoms with Gasteiger partial charge >= 0.3 is 0 Å². The van der Waals surface area contributed by atoms with Gasteiger partial charge in [-0.15, -0.1) is 0 Å². The van der Waals surface area contributed by atoms with Crippen molar-refractivity contribution in [2.75, 3.05) is 31.0 Å². The molecule has 0 radical (unpaired) electrons. The van der Waals surface area contributed by atoms with Crippen molar-refractivity contribution in [3.63, 3.8) is 0 Å². The Labute approximate surface area is 135 Å². The van der Waals surface area contributed by atoms with E-state index in [9.17, 15) is 0 Å². The van der Waals surface area contributed by atoms with Crippen LogP contribution in [0.15, 0.2) is 29.3 Å². The van der Waals surface area contributed by atoms with Gasteiger partial charge in [-0.1, -0.05) is 26.8 Å². The van der Waals surface area contributed by atoms with E-state index >= 15 is 0 Å². The predicted molar refractivity (Wildman–Crippen MR) is 96.6 cm³/mol. The average molecular weight is 302 g/mol. The standard InChI is InChI=1S/C18H30N4/c1-18(2,3)14-9-10-17(19-12-11-14)21-20-15-7-6-8-16(13-15)22(4)5/h6-8,13-14,20H,9-12H2,1-5H3,(H,19,21). The summed E-state index contributed by atoms with van der Waals surface area (Å²) in [6.07, 6.45) is 3.40. The van der Waals surface area contributed by atoms with Crippen molar-refractivity contribution < 1.29 is 0 Å². The fraction of sp³-hybridized carbons (Fsp3) is 0.611. The molecule has 2 rings (SSSR count). The first kappa shape index (κ1) is 16.7. The van der Waals surface area contributed by atoms with Gasteiger partial charge in [0, 0.05) is 32.7 Å². The maximum atomic E-state index is 4.69. The lowest BCUT2D eigenvalue weighted by molar-refractivity contribution is 0.220. The average Bonchev–Trinajstić information content (AvgIpc) is 2.70. The Balaban J connectivity index is 1.90. The number of benzene rings is 1. The molecule has 0 spiro atoms. The van der Waals surface area contributed by atoms with Gasteiger partial charge in [0.25, 0.3) is 0 Å². The molecule has 0 saturated carbocycles. The molecule has 0 aromatic heterocycles. The van der Waals surface area contributed by atoms with E-state index in [1.165, 1.54) is 18.5 Å². The van der Waals surface area contributed by atoms with Crippen molar-refractivity contribution in [2.45, 2.75) is 40.0 Å². The van der Waals surface area contributed by atoms with Crippen LogP contribution in [-0.2, 0) is 0 Å². The van der Waals surface area contributed by atoms with E-state index in [4.69, 9.17) is 4.99 Å². The van der Waals surface area contributed by atoms with E-state index in [1.54, 1.807) is 0 Å². The highest BCUT2D eigenvalue weighted by atomic mass is 15.4. The summed E-state index contributed by atoms with van der Waals surface area (Å²) in [6, 6.07) is 8.35. The SMILES string of the molecule is CN(C)c1cccc(NNC2=NCCC(C(C)(C)C)CC2)c1. The van der Waals surface area contributed by atoms with Gasteiger partial charge in [-0.25, -0.2) is 0 Å². The molecule has 122 valence electrons. The molecule has 1 atom stereocenters. The summed E-state index contributed by atoms with van der Waals surface area (Å²) in [5, 5.41) is 0. The Morgan fingerprint density at radius 2 is 1.91 bits per heavy atom. The maximum Gasteiger partial charge on any atom is 0.115 e. The number of aliphatic imine (C=N–C) groups is 1. The van der Waals surface area contributed by atoms with Gasteiger partial charge in [-0.2, -0.15) is 0 Å². The van der Waals surface area contributed by atoms with Gasteiger partial charge in [0.05, 0.1) is 5.69 Å². The highest BCUT2D eigenvalue weighted by Gasteiger charge is 2.25. The zero-order valence-corrected chi connectivity index (χ0v) is 14.6. The first-order chi connectivity index (χ1) is 10.4. The highest BCUT2D eigenvalue weighted by Crippen LogP contribution is 2.33. The molecule has 22 heavy (non-hydrogen) atoms. The number of hydrazine groups is 1. The first-order valence-electron chi connectivity index (χ1n) is 8.19. The Morgan fingerprint density at radius 1 is 1.14 bits per heavy atom. The second-order valence-corrected chi connectivity index (χ2v) is 7.41. The third-order valence-electron chi connectivity index (χ3n) is 4.45. The summed E-state index contributed by atoms with van der Waals surface area (Å²) in [4.78, 5) is 6.79. The number of nitrogens with one attached hydrogen (secondary N) is 2. The summed E-state index contributed by atoms with van der Waals surface area (Å²) in [5.74, 6) is 1.81. The molecule has 1 heterocycles. The van der Waals surface area contributed by atoms with E-state index in [0.29, 0.717) is 5.41 Å². The lowest BCUT2D eigenvalue weighted by Crippen LogP contribution is -2.30. The third-order valence-corrected chi connectivity index (χ3v) is 4.45. The molecule has 4 nitrogen and oxygen atoms in total. The van der Waals surface area contributed by atoms with Crippen molar-refractivity contribution in [3.05, 3.63) is 24.3 Å². The van der Waals surface area contributed by atoms with Crippen LogP contribution in [0.1, 0.15) is 40.0 Å². The van der Waals surface area contributed by atoms with Crippen LogP contribution in [0, 0.1) is 11.3 Å². The lowest BCUT2D eigenvalue weighted by Gasteiger charge is -2.29. The lowest BCUT2D eigenvalue weighted by atomic mass is 9.76. The van der Waals surface area contributed by atoms with Crippen LogP contribution in [0.3, 0.4) is 0 Å². The largest absolute Gasteiger partial charge is 0.378 e. The fourth-order valence-electron chi connectivity index (χ4n) is 2.86. The van der Waals surface area contributed by atoms with Gasteiger partial charge in [-0.3, -0.25) is 15.8 Å². The maximum absolute atomic E-state index is 4.69. The van der Waals surface area contributed by atoms with Crippen LogP contribution in [-0.4, -0.2) is 26.5 Å². The minimum absolute atomic E-state index is 0.373. The fourth-order valence-corrected chi connectivity index (χ4v) is 2.86. The number of nitrogens with zero attached hydrogens (tertiary/aromatic N) is 2. The number of hydrogen-bond donors (Lipinski definition) is 2. The number of anilines is 2. The monoisotopic (exact) mass is 302 g/mol. The molecular formula is C18H30N4. The van der Waals surface area contributed by atoms with Gasteiger partial charge in [0.2, 0.25) is 0 Å². The summed E-state index contributed by atoms with van der Waals surface area (Å²) in [5.41, 5.74) is 9.20. The van der Waals surface area contributed by atoms with Crippen LogP contribution < -0.4 is 15.8 Å². The summed E-state index contributed by atoms with van der Waals surface area (Å²) < 4.78 is 0. The molecule has 0 bridgehead atoms. The molecule has 0 aliphatic carbocycles. The minimum Gasteiger partial charge on any atom is -0.378 e. The Bertz CT molecular complexity index is 514. The van der Waals surface area contributed by atoms with Gasteiger partial charge in [-0.05, 0) is 42.4 Å². The predicted octanol–water partition coefficient (Wildman–Crippen LogP) is 3.91. The molecule has 1 aromatic carbocycles. The highest BCUT2D eigenvalue weighted by molar-refractivity contribution is 5.83. The number of amidine groups is 1. The zero-order valence-electron chi connectivity index (χ0n) is 14.6. The normalized spacial score (nSPS) is 19.1. The van der Waals surface area contributed by atoms with Crippen molar-refractivity contribution >= 4 is 17.2 Å². The number of hydrogen-bond acceptors (Lipinski definition) is 4. The van der Waals surface area contributed by atoms with Crippen molar-refractivity contribution in [1.82, 2.24) is 5.43 Å². The minimum atomic E-state index is 0.373. The number of rotatable bonds is 3. The Morgan fingerprint density at radius 3 is 2.59 bits per heavy atom. The van der Waals surface area contributed by atoms with Gasteiger partial charge in [0.1, 0.15) is 5.84 Å². The van der Waals surface area contributed by atoms with Crippen molar-refractivity contribution in [1.29, 1.82) is 0 Å². The molecular weight excluding hydrogens is 272 g/mol. The molecule has 2 N–H and O–H groups in total. The molecule has 1 unspecified atom stereocenters. The Kier molecular flexibility index (Phi) is 5.33.